The fourth-order valence-electron chi connectivity index (χ4n) is 1.96. The number of quaternary nitrogens is 1. The van der Waals surface area contributed by atoms with Crippen molar-refractivity contribution in [2.24, 2.45) is 0 Å². The third kappa shape index (κ3) is 3.99. The number of para-hydroxylation sites is 1. The highest BCUT2D eigenvalue weighted by molar-refractivity contribution is 5.41. The average molecular weight is 243 g/mol. The molecule has 0 aliphatic heterocycles. The summed E-state index contributed by atoms with van der Waals surface area (Å²) < 4.78 is 0.880. The summed E-state index contributed by atoms with van der Waals surface area (Å²) in [6.07, 6.45) is 0. The van der Waals surface area contributed by atoms with Gasteiger partial charge in [0.1, 0.15) is 12.2 Å². The van der Waals surface area contributed by atoms with Crippen LogP contribution in [0, 0.1) is 0 Å². The molecule has 0 aliphatic carbocycles. The SMILES string of the molecule is C[N+](C)(Cc1ccccc1)c1ccccc1.C[O-]. The van der Waals surface area contributed by atoms with Crippen LogP contribution in [-0.2, 0) is 6.54 Å². The Hall–Kier alpha value is -1.64. The van der Waals surface area contributed by atoms with Crippen LogP contribution in [0.5, 0.6) is 0 Å². The molecule has 0 N–H and O–H groups in total. The Kier molecular flexibility index (Phi) is 5.56. The van der Waals surface area contributed by atoms with E-state index in [1.165, 1.54) is 11.3 Å². The smallest absolute Gasteiger partial charge is 0.132 e. The van der Waals surface area contributed by atoms with Crippen molar-refractivity contribution in [3.8, 4) is 0 Å². The molecule has 0 heterocycles. The number of hydrogen-bond acceptors (Lipinski definition) is 1. The predicted molar refractivity (Wildman–Crippen MR) is 76.2 cm³/mol. The van der Waals surface area contributed by atoms with E-state index in [2.05, 4.69) is 74.8 Å². The maximum absolute atomic E-state index is 8.25. The first-order valence-electron chi connectivity index (χ1n) is 6.02. The summed E-state index contributed by atoms with van der Waals surface area (Å²) in [5, 5.41) is 8.25. The van der Waals surface area contributed by atoms with E-state index in [9.17, 15) is 0 Å². The minimum atomic E-state index is 0.750. The quantitative estimate of drug-likeness (QED) is 0.759. The largest absolute Gasteiger partial charge is 0.857 e. The van der Waals surface area contributed by atoms with Gasteiger partial charge in [0.15, 0.2) is 0 Å². The van der Waals surface area contributed by atoms with Gasteiger partial charge in [-0.1, -0.05) is 48.5 Å². The van der Waals surface area contributed by atoms with Crippen LogP contribution in [0.25, 0.3) is 0 Å². The summed E-state index contributed by atoms with van der Waals surface area (Å²) in [5.41, 5.74) is 2.71. The highest BCUT2D eigenvalue weighted by Gasteiger charge is 2.18. The molecule has 0 unspecified atom stereocenters. The van der Waals surface area contributed by atoms with Crippen LogP contribution in [0.1, 0.15) is 5.56 Å². The first-order valence-corrected chi connectivity index (χ1v) is 6.02. The fourth-order valence-corrected chi connectivity index (χ4v) is 1.96. The van der Waals surface area contributed by atoms with Gasteiger partial charge in [0.05, 0.1) is 14.1 Å². The van der Waals surface area contributed by atoms with Crippen molar-refractivity contribution in [1.29, 1.82) is 0 Å². The Morgan fingerprint density at radius 2 is 1.22 bits per heavy atom. The van der Waals surface area contributed by atoms with Crippen molar-refractivity contribution in [2.45, 2.75) is 6.54 Å². The van der Waals surface area contributed by atoms with E-state index in [1.54, 1.807) is 0 Å². The summed E-state index contributed by atoms with van der Waals surface area (Å²) in [5.74, 6) is 0. The zero-order valence-electron chi connectivity index (χ0n) is 11.3. The number of benzene rings is 2. The van der Waals surface area contributed by atoms with E-state index in [4.69, 9.17) is 5.11 Å². The Balaban J connectivity index is 0.000000771. The molecule has 2 rings (SSSR count). The summed E-state index contributed by atoms with van der Waals surface area (Å²) >= 11 is 0. The van der Waals surface area contributed by atoms with Crippen LogP contribution in [0.3, 0.4) is 0 Å². The van der Waals surface area contributed by atoms with Gasteiger partial charge >= 0.3 is 0 Å². The molecule has 0 fully saturated rings. The Labute approximate surface area is 110 Å². The lowest BCUT2D eigenvalue weighted by atomic mass is 10.2. The molecule has 0 radical (unpaired) electrons. The van der Waals surface area contributed by atoms with Crippen molar-refractivity contribution in [2.75, 3.05) is 21.2 Å². The molecule has 18 heavy (non-hydrogen) atoms. The number of rotatable bonds is 3. The van der Waals surface area contributed by atoms with E-state index in [-0.39, 0.29) is 0 Å². The zero-order valence-corrected chi connectivity index (χ0v) is 11.3. The Morgan fingerprint density at radius 1 is 0.778 bits per heavy atom. The minimum absolute atomic E-state index is 0.750. The molecule has 0 aromatic heterocycles. The van der Waals surface area contributed by atoms with E-state index < -0.39 is 0 Å². The molecule has 0 atom stereocenters. The minimum Gasteiger partial charge on any atom is -0.857 e. The Morgan fingerprint density at radius 3 is 1.72 bits per heavy atom. The van der Waals surface area contributed by atoms with Crippen molar-refractivity contribution in [3.63, 3.8) is 0 Å². The lowest BCUT2D eigenvalue weighted by Crippen LogP contribution is -2.39. The van der Waals surface area contributed by atoms with Crippen molar-refractivity contribution in [3.05, 3.63) is 66.2 Å². The van der Waals surface area contributed by atoms with Gasteiger partial charge in [-0.15, -0.1) is 0 Å². The highest BCUT2D eigenvalue weighted by Crippen LogP contribution is 2.21. The van der Waals surface area contributed by atoms with Crippen LogP contribution in [-0.4, -0.2) is 21.2 Å². The Bertz CT molecular complexity index is 437. The maximum atomic E-state index is 8.25. The van der Waals surface area contributed by atoms with E-state index in [0.29, 0.717) is 0 Å². The van der Waals surface area contributed by atoms with Crippen molar-refractivity contribution >= 4 is 5.69 Å². The van der Waals surface area contributed by atoms with Gasteiger partial charge < -0.3 is 5.11 Å². The second-order valence-corrected chi connectivity index (χ2v) is 4.66. The molecule has 2 aromatic carbocycles. The predicted octanol–water partition coefficient (Wildman–Crippen LogP) is 2.43. The summed E-state index contributed by atoms with van der Waals surface area (Å²) in [6.45, 7) is 1.02. The van der Waals surface area contributed by atoms with Gasteiger partial charge in [-0.05, 0) is 12.1 Å². The highest BCUT2D eigenvalue weighted by atomic mass is 16.2. The van der Waals surface area contributed by atoms with Gasteiger partial charge in [0.2, 0.25) is 0 Å². The first-order chi connectivity index (χ1) is 8.68. The normalized spacial score (nSPS) is 10.4. The molecular formula is C16H21NO. The first kappa shape index (κ1) is 14.4. The third-order valence-corrected chi connectivity index (χ3v) is 2.88. The molecular weight excluding hydrogens is 222 g/mol. The van der Waals surface area contributed by atoms with E-state index in [1.807, 2.05) is 0 Å². The van der Waals surface area contributed by atoms with Crippen molar-refractivity contribution in [1.82, 2.24) is 4.48 Å². The number of nitrogens with zero attached hydrogens (tertiary/aromatic N) is 1. The summed E-state index contributed by atoms with van der Waals surface area (Å²) in [4.78, 5) is 0. The standard InChI is InChI=1S/C15H18N.CH3O/c1-16(2,15-11-7-4-8-12-15)13-14-9-5-3-6-10-14;1-2/h3-12H,13H2,1-2H3;1H3/q+1;-1. The van der Waals surface area contributed by atoms with Gasteiger partial charge in [-0.25, -0.2) is 0 Å². The van der Waals surface area contributed by atoms with Crippen LogP contribution in [0.2, 0.25) is 0 Å². The third-order valence-electron chi connectivity index (χ3n) is 2.88. The molecule has 2 heteroatoms. The second kappa shape index (κ2) is 6.94. The summed E-state index contributed by atoms with van der Waals surface area (Å²) in [7, 11) is 5.23. The molecule has 0 saturated heterocycles. The maximum Gasteiger partial charge on any atom is 0.132 e. The molecule has 0 aliphatic rings. The molecule has 96 valence electrons. The van der Waals surface area contributed by atoms with E-state index >= 15 is 0 Å². The van der Waals surface area contributed by atoms with Gasteiger partial charge in [-0.2, -0.15) is 7.11 Å². The lowest BCUT2D eigenvalue weighted by Gasteiger charge is -2.29. The molecule has 0 bridgehead atoms. The monoisotopic (exact) mass is 243 g/mol. The summed E-state index contributed by atoms with van der Waals surface area (Å²) in [6, 6.07) is 21.2. The average Bonchev–Trinajstić information content (AvgIpc) is 2.43. The van der Waals surface area contributed by atoms with Gasteiger partial charge in [0, 0.05) is 5.56 Å². The van der Waals surface area contributed by atoms with E-state index in [0.717, 1.165) is 18.1 Å². The molecule has 0 amide bonds. The van der Waals surface area contributed by atoms with Crippen LogP contribution < -0.4 is 9.59 Å². The second-order valence-electron chi connectivity index (χ2n) is 4.66. The van der Waals surface area contributed by atoms with Crippen LogP contribution >= 0.6 is 0 Å². The topological polar surface area (TPSA) is 23.1 Å². The van der Waals surface area contributed by atoms with Gasteiger partial charge in [-0.3, -0.25) is 4.48 Å². The molecule has 0 spiro atoms. The molecule has 2 aromatic rings. The number of hydrogen-bond donors (Lipinski definition) is 0. The molecule has 2 nitrogen and oxygen atoms in total. The van der Waals surface area contributed by atoms with Gasteiger partial charge in [0.25, 0.3) is 0 Å². The zero-order chi connectivity index (χ0) is 13.4. The van der Waals surface area contributed by atoms with Crippen molar-refractivity contribution < 1.29 is 5.11 Å². The van der Waals surface area contributed by atoms with Crippen LogP contribution in [0.15, 0.2) is 60.7 Å². The van der Waals surface area contributed by atoms with Crippen LogP contribution in [0.4, 0.5) is 5.69 Å². The molecule has 0 saturated carbocycles. The fraction of sp³-hybridized carbons (Fsp3) is 0.250. The lowest BCUT2D eigenvalue weighted by molar-refractivity contribution is -0.325.